The zero-order valence-electron chi connectivity index (χ0n) is 8.17. The van der Waals surface area contributed by atoms with E-state index in [1.165, 1.54) is 12.8 Å². The third kappa shape index (κ3) is 11.6. The van der Waals surface area contributed by atoms with Gasteiger partial charge in [-0.1, -0.05) is 26.2 Å². The standard InChI is InChI=1S/C10H17O2.ClH/c1-3-4-5-6-7-10(12)8-9(2)11;/h2-8H2,1H3;1H. The van der Waals surface area contributed by atoms with Crippen LogP contribution < -0.4 is 0 Å². The number of carbonyl (C=O) groups is 2. The molecule has 0 amide bonds. The molecule has 0 saturated heterocycles. The summed E-state index contributed by atoms with van der Waals surface area (Å²) in [6.07, 6.45) is 4.91. The van der Waals surface area contributed by atoms with Crippen LogP contribution >= 0.6 is 12.4 Å². The first-order valence-corrected chi connectivity index (χ1v) is 4.53. The maximum Gasteiger partial charge on any atom is 0.140 e. The van der Waals surface area contributed by atoms with E-state index in [0.29, 0.717) is 6.42 Å². The average molecular weight is 206 g/mol. The molecule has 0 aromatic rings. The van der Waals surface area contributed by atoms with Crippen molar-refractivity contribution in [2.45, 2.75) is 45.4 Å². The lowest BCUT2D eigenvalue weighted by Gasteiger charge is -1.97. The Kier molecular flexibility index (Phi) is 11.3. The largest absolute Gasteiger partial charge is 0.299 e. The van der Waals surface area contributed by atoms with Crippen molar-refractivity contribution in [1.82, 2.24) is 0 Å². The average Bonchev–Trinajstić information content (AvgIpc) is 1.97. The molecule has 2 nitrogen and oxygen atoms in total. The summed E-state index contributed by atoms with van der Waals surface area (Å²) in [7, 11) is 0. The third-order valence-corrected chi connectivity index (χ3v) is 1.70. The van der Waals surface area contributed by atoms with Gasteiger partial charge in [0, 0.05) is 13.3 Å². The predicted molar refractivity (Wildman–Crippen MR) is 56.0 cm³/mol. The van der Waals surface area contributed by atoms with Gasteiger partial charge < -0.3 is 0 Å². The van der Waals surface area contributed by atoms with E-state index in [4.69, 9.17) is 0 Å². The molecule has 0 heterocycles. The van der Waals surface area contributed by atoms with E-state index < -0.39 is 0 Å². The highest BCUT2D eigenvalue weighted by Crippen LogP contribution is 2.04. The van der Waals surface area contributed by atoms with E-state index >= 15 is 0 Å². The smallest absolute Gasteiger partial charge is 0.140 e. The summed E-state index contributed by atoms with van der Waals surface area (Å²) in [4.78, 5) is 21.4. The zero-order valence-corrected chi connectivity index (χ0v) is 8.99. The van der Waals surface area contributed by atoms with E-state index in [1.807, 2.05) is 0 Å². The molecule has 0 aromatic carbocycles. The van der Waals surface area contributed by atoms with Crippen LogP contribution in [0.25, 0.3) is 0 Å². The van der Waals surface area contributed by atoms with Gasteiger partial charge in [0.1, 0.15) is 11.6 Å². The molecule has 0 N–H and O–H groups in total. The maximum absolute atomic E-state index is 11.0. The molecule has 3 heteroatoms. The van der Waals surface area contributed by atoms with Crippen LogP contribution in [0.15, 0.2) is 0 Å². The summed E-state index contributed by atoms with van der Waals surface area (Å²) in [5, 5.41) is 0. The minimum absolute atomic E-state index is 0. The lowest BCUT2D eigenvalue weighted by atomic mass is 10.1. The zero-order chi connectivity index (χ0) is 9.40. The molecule has 0 spiro atoms. The van der Waals surface area contributed by atoms with Crippen LogP contribution in [-0.2, 0) is 9.59 Å². The molecular formula is C10H18ClO2. The first-order chi connectivity index (χ1) is 5.66. The summed E-state index contributed by atoms with van der Waals surface area (Å²) < 4.78 is 0. The van der Waals surface area contributed by atoms with Crippen molar-refractivity contribution in [1.29, 1.82) is 0 Å². The molecule has 0 bridgehead atoms. The van der Waals surface area contributed by atoms with Crippen molar-refractivity contribution in [3.05, 3.63) is 6.92 Å². The Morgan fingerprint density at radius 1 is 1.15 bits per heavy atom. The highest BCUT2D eigenvalue weighted by molar-refractivity contribution is 6.00. The molecule has 0 unspecified atom stereocenters. The Morgan fingerprint density at radius 3 is 2.23 bits per heavy atom. The second-order valence-corrected chi connectivity index (χ2v) is 3.06. The molecule has 0 aliphatic heterocycles. The van der Waals surface area contributed by atoms with E-state index in [9.17, 15) is 9.59 Å². The van der Waals surface area contributed by atoms with E-state index in [1.54, 1.807) is 0 Å². The van der Waals surface area contributed by atoms with Gasteiger partial charge in [0.05, 0.1) is 6.42 Å². The van der Waals surface area contributed by atoms with Crippen molar-refractivity contribution in [3.63, 3.8) is 0 Å². The van der Waals surface area contributed by atoms with Gasteiger partial charge in [-0.3, -0.25) is 9.59 Å². The fraction of sp³-hybridized carbons (Fsp3) is 0.700. The van der Waals surface area contributed by atoms with Crippen LogP contribution in [0.2, 0.25) is 0 Å². The molecule has 0 aromatic heterocycles. The van der Waals surface area contributed by atoms with Crippen molar-refractivity contribution in [2.75, 3.05) is 0 Å². The minimum atomic E-state index is -0.268. The lowest BCUT2D eigenvalue weighted by Crippen LogP contribution is -2.03. The number of halogens is 1. The minimum Gasteiger partial charge on any atom is -0.299 e. The van der Waals surface area contributed by atoms with Gasteiger partial charge in [-0.2, -0.15) is 0 Å². The second-order valence-electron chi connectivity index (χ2n) is 3.06. The highest BCUT2D eigenvalue weighted by Gasteiger charge is 2.03. The normalized spacial score (nSPS) is 9.08. The SMILES string of the molecule is Cl.[CH2]C(=O)CC(=O)CCCCCC. The monoisotopic (exact) mass is 205 g/mol. The molecule has 0 aliphatic carbocycles. The molecule has 0 atom stereocenters. The quantitative estimate of drug-likeness (QED) is 0.473. The van der Waals surface area contributed by atoms with Crippen LogP contribution in [-0.4, -0.2) is 11.6 Å². The molecule has 0 saturated carbocycles. The molecule has 0 aliphatic rings. The van der Waals surface area contributed by atoms with Crippen molar-refractivity contribution >= 4 is 24.0 Å². The Labute approximate surface area is 86.5 Å². The molecule has 1 radical (unpaired) electrons. The van der Waals surface area contributed by atoms with Crippen LogP contribution in [0.4, 0.5) is 0 Å². The number of Topliss-reactive ketones (excluding diaryl/α,β-unsaturated/α-hetero) is 2. The number of ketones is 2. The molecule has 0 rings (SSSR count). The molecule has 13 heavy (non-hydrogen) atoms. The number of rotatable bonds is 7. The van der Waals surface area contributed by atoms with E-state index in [-0.39, 0.29) is 30.4 Å². The van der Waals surface area contributed by atoms with Crippen LogP contribution in [0.1, 0.15) is 45.4 Å². The van der Waals surface area contributed by atoms with Crippen LogP contribution in [0.3, 0.4) is 0 Å². The Hall–Kier alpha value is -0.370. The first kappa shape index (κ1) is 15.1. The van der Waals surface area contributed by atoms with Gasteiger partial charge in [-0.15, -0.1) is 12.4 Å². The fourth-order valence-corrected chi connectivity index (χ4v) is 1.06. The second kappa shape index (κ2) is 9.72. The maximum atomic E-state index is 11.0. The summed E-state index contributed by atoms with van der Waals surface area (Å²) in [6, 6.07) is 0. The topological polar surface area (TPSA) is 34.1 Å². The predicted octanol–water partition coefficient (Wildman–Crippen LogP) is 2.74. The summed E-state index contributed by atoms with van der Waals surface area (Å²) >= 11 is 0. The lowest BCUT2D eigenvalue weighted by molar-refractivity contribution is -0.124. The Morgan fingerprint density at radius 2 is 1.77 bits per heavy atom. The summed E-state index contributed by atoms with van der Waals surface area (Å²) in [5.74, 6) is -0.235. The third-order valence-electron chi connectivity index (χ3n) is 1.70. The van der Waals surface area contributed by atoms with Crippen molar-refractivity contribution in [3.8, 4) is 0 Å². The Bertz CT molecular complexity index is 155. The fourth-order valence-electron chi connectivity index (χ4n) is 1.06. The number of hydrogen-bond acceptors (Lipinski definition) is 2. The van der Waals surface area contributed by atoms with Gasteiger partial charge in [-0.05, 0) is 6.42 Å². The van der Waals surface area contributed by atoms with Gasteiger partial charge in [0.25, 0.3) is 0 Å². The summed E-state index contributed by atoms with van der Waals surface area (Å²) in [5.41, 5.74) is 0. The van der Waals surface area contributed by atoms with E-state index in [0.717, 1.165) is 12.8 Å². The first-order valence-electron chi connectivity index (χ1n) is 4.53. The van der Waals surface area contributed by atoms with Gasteiger partial charge in [0.2, 0.25) is 0 Å². The highest BCUT2D eigenvalue weighted by atomic mass is 35.5. The number of unbranched alkanes of at least 4 members (excludes halogenated alkanes) is 3. The summed E-state index contributed by atoms with van der Waals surface area (Å²) in [6.45, 7) is 5.29. The van der Waals surface area contributed by atoms with E-state index in [2.05, 4.69) is 13.8 Å². The molecular weight excluding hydrogens is 188 g/mol. The molecule has 77 valence electrons. The van der Waals surface area contributed by atoms with Crippen LogP contribution in [0.5, 0.6) is 0 Å². The van der Waals surface area contributed by atoms with Gasteiger partial charge in [-0.25, -0.2) is 0 Å². The molecule has 0 fully saturated rings. The number of carbonyl (C=O) groups excluding carboxylic acids is 2. The van der Waals surface area contributed by atoms with Crippen LogP contribution in [0, 0.1) is 6.92 Å². The van der Waals surface area contributed by atoms with Crippen molar-refractivity contribution < 1.29 is 9.59 Å². The number of hydrogen-bond donors (Lipinski definition) is 0. The van der Waals surface area contributed by atoms with Gasteiger partial charge in [0.15, 0.2) is 0 Å². The van der Waals surface area contributed by atoms with Crippen molar-refractivity contribution in [2.24, 2.45) is 0 Å². The van der Waals surface area contributed by atoms with Gasteiger partial charge >= 0.3 is 0 Å². The Balaban J connectivity index is 0.